The van der Waals surface area contributed by atoms with Crippen molar-refractivity contribution in [1.29, 1.82) is 0 Å². The number of benzene rings is 1. The van der Waals surface area contributed by atoms with Crippen molar-refractivity contribution in [3.8, 4) is 5.75 Å². The molecule has 0 atom stereocenters. The first-order valence-electron chi connectivity index (χ1n) is 8.90. The lowest BCUT2D eigenvalue weighted by Crippen LogP contribution is -2.43. The Bertz CT molecular complexity index is 487. The molecule has 136 valence electrons. The minimum absolute atomic E-state index is 0.149. The molecular weight excluding hydrogens is 324 g/mol. The molecule has 2 fully saturated rings. The Morgan fingerprint density at radius 2 is 1.79 bits per heavy atom. The van der Waals surface area contributed by atoms with Crippen LogP contribution in [0, 0.1) is 0 Å². The summed E-state index contributed by atoms with van der Waals surface area (Å²) in [6, 6.07) is 6.21. The van der Waals surface area contributed by atoms with E-state index in [-0.39, 0.29) is 5.54 Å². The summed E-state index contributed by atoms with van der Waals surface area (Å²) in [6.45, 7) is 3.83. The van der Waals surface area contributed by atoms with Crippen molar-refractivity contribution in [2.75, 3.05) is 47.5 Å². The molecule has 0 bridgehead atoms. The normalized spacial score (nSPS) is 20.2. The summed E-state index contributed by atoms with van der Waals surface area (Å²) in [7, 11) is 6.02. The summed E-state index contributed by atoms with van der Waals surface area (Å²) in [6.07, 6.45) is 6.36. The number of halogens is 1. The number of nitrogens with zero attached hydrogens (tertiary/aromatic N) is 1. The molecule has 1 aliphatic carbocycles. The fourth-order valence-electron chi connectivity index (χ4n) is 3.60. The highest BCUT2D eigenvalue weighted by atomic mass is 35.5. The van der Waals surface area contributed by atoms with Gasteiger partial charge in [0.25, 0.3) is 0 Å². The third-order valence-electron chi connectivity index (χ3n) is 5.07. The minimum Gasteiger partial charge on any atom is -0.495 e. The van der Waals surface area contributed by atoms with Crippen molar-refractivity contribution in [1.82, 2.24) is 10.2 Å². The van der Waals surface area contributed by atoms with Crippen LogP contribution in [-0.4, -0.2) is 52.4 Å². The van der Waals surface area contributed by atoms with E-state index in [0.29, 0.717) is 5.02 Å². The van der Waals surface area contributed by atoms with E-state index in [1.807, 2.05) is 6.07 Å². The SMILES string of the molecule is C1COCCN1.COc1cc(C2(N(C)C)CCCCC2)ccc1Cl. The van der Waals surface area contributed by atoms with Crippen molar-refractivity contribution in [3.63, 3.8) is 0 Å². The predicted octanol–water partition coefficient (Wildman–Crippen LogP) is 3.68. The molecule has 1 aromatic rings. The van der Waals surface area contributed by atoms with E-state index in [1.165, 1.54) is 37.7 Å². The van der Waals surface area contributed by atoms with Gasteiger partial charge >= 0.3 is 0 Å². The largest absolute Gasteiger partial charge is 0.495 e. The molecule has 1 aromatic carbocycles. The molecule has 0 spiro atoms. The average Bonchev–Trinajstić information content (AvgIpc) is 2.64. The van der Waals surface area contributed by atoms with Gasteiger partial charge in [0.05, 0.1) is 25.3 Å². The second kappa shape index (κ2) is 9.62. The number of rotatable bonds is 3. The summed E-state index contributed by atoms with van der Waals surface area (Å²) in [4.78, 5) is 2.36. The highest BCUT2D eigenvalue weighted by molar-refractivity contribution is 6.32. The van der Waals surface area contributed by atoms with E-state index >= 15 is 0 Å². The van der Waals surface area contributed by atoms with Crippen LogP contribution in [-0.2, 0) is 10.3 Å². The molecular formula is C19H31ClN2O2. The van der Waals surface area contributed by atoms with Crippen LogP contribution in [0.15, 0.2) is 18.2 Å². The molecule has 0 unspecified atom stereocenters. The molecule has 0 amide bonds. The molecule has 1 N–H and O–H groups in total. The lowest BCUT2D eigenvalue weighted by molar-refractivity contribution is 0.0986. The van der Waals surface area contributed by atoms with E-state index in [9.17, 15) is 0 Å². The average molecular weight is 355 g/mol. The summed E-state index contributed by atoms with van der Waals surface area (Å²) >= 11 is 6.12. The number of hydrogen-bond donors (Lipinski definition) is 1. The summed E-state index contributed by atoms with van der Waals surface area (Å²) < 4.78 is 10.4. The van der Waals surface area contributed by atoms with Crippen molar-refractivity contribution in [2.24, 2.45) is 0 Å². The zero-order valence-corrected chi connectivity index (χ0v) is 16.0. The Morgan fingerprint density at radius 3 is 2.25 bits per heavy atom. The van der Waals surface area contributed by atoms with Gasteiger partial charge < -0.3 is 14.8 Å². The fraction of sp³-hybridized carbons (Fsp3) is 0.684. The van der Waals surface area contributed by atoms with Crippen molar-refractivity contribution >= 4 is 11.6 Å². The maximum absolute atomic E-state index is 6.12. The van der Waals surface area contributed by atoms with Gasteiger partial charge in [-0.1, -0.05) is 36.9 Å². The van der Waals surface area contributed by atoms with Gasteiger partial charge in [-0.05, 0) is 44.6 Å². The van der Waals surface area contributed by atoms with Crippen molar-refractivity contribution in [2.45, 2.75) is 37.6 Å². The third kappa shape index (κ3) is 4.85. The van der Waals surface area contributed by atoms with Gasteiger partial charge in [-0.3, -0.25) is 4.90 Å². The van der Waals surface area contributed by atoms with Crippen molar-refractivity contribution < 1.29 is 9.47 Å². The first-order chi connectivity index (χ1) is 11.6. The Labute approximate surface area is 151 Å². The second-order valence-corrected chi connectivity index (χ2v) is 7.11. The lowest BCUT2D eigenvalue weighted by Gasteiger charge is -2.43. The highest BCUT2D eigenvalue weighted by Crippen LogP contribution is 2.42. The quantitative estimate of drug-likeness (QED) is 0.897. The zero-order chi connectivity index (χ0) is 17.4. The van der Waals surface area contributed by atoms with E-state index in [2.05, 4.69) is 36.4 Å². The van der Waals surface area contributed by atoms with Gasteiger partial charge in [0, 0.05) is 18.6 Å². The maximum atomic E-state index is 6.12. The van der Waals surface area contributed by atoms with Gasteiger partial charge in [-0.15, -0.1) is 0 Å². The van der Waals surface area contributed by atoms with Crippen LogP contribution in [0.5, 0.6) is 5.75 Å². The minimum atomic E-state index is 0.149. The van der Waals surface area contributed by atoms with Gasteiger partial charge in [-0.25, -0.2) is 0 Å². The van der Waals surface area contributed by atoms with Crippen LogP contribution in [0.4, 0.5) is 0 Å². The maximum Gasteiger partial charge on any atom is 0.137 e. The van der Waals surface area contributed by atoms with Gasteiger partial charge in [-0.2, -0.15) is 0 Å². The molecule has 5 heteroatoms. The monoisotopic (exact) mass is 354 g/mol. The zero-order valence-electron chi connectivity index (χ0n) is 15.2. The smallest absolute Gasteiger partial charge is 0.137 e. The van der Waals surface area contributed by atoms with Crippen LogP contribution in [0.1, 0.15) is 37.7 Å². The van der Waals surface area contributed by atoms with Crippen LogP contribution in [0.25, 0.3) is 0 Å². The molecule has 1 saturated carbocycles. The standard InChI is InChI=1S/C15H22ClNO.C4H9NO/c1-17(2)15(9-5-4-6-10-15)12-7-8-13(16)14(11-12)18-3;1-3-6-4-2-5-1/h7-8,11H,4-6,9-10H2,1-3H3;5H,1-4H2. The van der Waals surface area contributed by atoms with Gasteiger partial charge in [0.2, 0.25) is 0 Å². The van der Waals surface area contributed by atoms with Gasteiger partial charge in [0.1, 0.15) is 5.75 Å². The summed E-state index contributed by atoms with van der Waals surface area (Å²) in [5.41, 5.74) is 1.48. The highest BCUT2D eigenvalue weighted by Gasteiger charge is 2.36. The number of nitrogens with one attached hydrogen (secondary N) is 1. The fourth-order valence-corrected chi connectivity index (χ4v) is 3.79. The number of methoxy groups -OCH3 is 1. The molecule has 1 aliphatic heterocycles. The summed E-state index contributed by atoms with van der Waals surface area (Å²) in [5, 5.41) is 3.85. The second-order valence-electron chi connectivity index (χ2n) is 6.70. The number of hydrogen-bond acceptors (Lipinski definition) is 4. The molecule has 2 aliphatic rings. The Kier molecular flexibility index (Phi) is 7.82. The van der Waals surface area contributed by atoms with E-state index < -0.39 is 0 Å². The number of ether oxygens (including phenoxy) is 2. The van der Waals surface area contributed by atoms with Crippen molar-refractivity contribution in [3.05, 3.63) is 28.8 Å². The van der Waals surface area contributed by atoms with E-state index in [0.717, 1.165) is 32.1 Å². The molecule has 24 heavy (non-hydrogen) atoms. The molecule has 4 nitrogen and oxygen atoms in total. The Morgan fingerprint density at radius 1 is 1.12 bits per heavy atom. The third-order valence-corrected chi connectivity index (χ3v) is 5.38. The first-order valence-corrected chi connectivity index (χ1v) is 9.28. The molecule has 3 rings (SSSR count). The predicted molar refractivity (Wildman–Crippen MR) is 100 cm³/mol. The molecule has 1 heterocycles. The molecule has 0 aromatic heterocycles. The topological polar surface area (TPSA) is 33.7 Å². The van der Waals surface area contributed by atoms with Crippen LogP contribution in [0.3, 0.4) is 0 Å². The van der Waals surface area contributed by atoms with Crippen LogP contribution in [0.2, 0.25) is 5.02 Å². The Hall–Kier alpha value is -0.810. The number of morpholine rings is 1. The first kappa shape index (κ1) is 19.5. The summed E-state index contributed by atoms with van der Waals surface area (Å²) in [5.74, 6) is 0.779. The van der Waals surface area contributed by atoms with Gasteiger partial charge in [0.15, 0.2) is 0 Å². The molecule has 1 saturated heterocycles. The van der Waals surface area contributed by atoms with E-state index in [1.54, 1.807) is 7.11 Å². The Balaban J connectivity index is 0.000000292. The molecule has 0 radical (unpaired) electrons. The lowest BCUT2D eigenvalue weighted by atomic mass is 9.75. The van der Waals surface area contributed by atoms with Crippen LogP contribution < -0.4 is 10.1 Å². The van der Waals surface area contributed by atoms with E-state index in [4.69, 9.17) is 21.1 Å². The van der Waals surface area contributed by atoms with Crippen LogP contribution >= 0.6 is 11.6 Å².